The molecule has 3 aromatic heterocycles. The van der Waals surface area contributed by atoms with E-state index in [4.69, 9.17) is 29.3 Å². The van der Waals surface area contributed by atoms with Gasteiger partial charge in [-0.2, -0.15) is 9.61 Å². The number of rotatable bonds is 12. The van der Waals surface area contributed by atoms with E-state index in [0.29, 0.717) is 59.3 Å². The van der Waals surface area contributed by atoms with E-state index in [2.05, 4.69) is 15.3 Å². The Balaban J connectivity index is 1.31. The first-order valence-electron chi connectivity index (χ1n) is 15.0. The van der Waals surface area contributed by atoms with Crippen molar-refractivity contribution in [1.29, 1.82) is 0 Å². The SMILES string of the molecule is COc1ccc(CNc2nc3cc(OC)c(F)cc3c3nc(C4CCCN(c5cnn(CCCC(C)=O)c5)C4)nn23)c(OC)c1. The molecule has 1 atom stereocenters. The summed E-state index contributed by atoms with van der Waals surface area (Å²) in [6.07, 6.45) is 7.09. The van der Waals surface area contributed by atoms with Crippen LogP contribution in [0.15, 0.2) is 42.7 Å². The number of carbonyl (C=O) groups is 1. The molecule has 0 saturated carbocycles. The van der Waals surface area contributed by atoms with Gasteiger partial charge in [-0.3, -0.25) is 4.68 Å². The molecule has 0 amide bonds. The lowest BCUT2D eigenvalue weighted by Crippen LogP contribution is -2.34. The zero-order valence-corrected chi connectivity index (χ0v) is 25.9. The molecule has 6 rings (SSSR count). The van der Waals surface area contributed by atoms with Gasteiger partial charge in [0.05, 0.1) is 38.7 Å². The maximum atomic E-state index is 14.9. The summed E-state index contributed by atoms with van der Waals surface area (Å²) in [6, 6.07) is 8.60. The average Bonchev–Trinajstić information content (AvgIpc) is 3.72. The topological polar surface area (TPSA) is 121 Å². The van der Waals surface area contributed by atoms with Crippen molar-refractivity contribution < 1.29 is 23.4 Å². The minimum atomic E-state index is -0.494. The average molecular weight is 617 g/mol. The van der Waals surface area contributed by atoms with Crippen LogP contribution in [-0.2, 0) is 17.9 Å². The van der Waals surface area contributed by atoms with E-state index in [0.717, 1.165) is 43.6 Å². The van der Waals surface area contributed by atoms with E-state index in [1.54, 1.807) is 31.7 Å². The van der Waals surface area contributed by atoms with Gasteiger partial charge in [0.2, 0.25) is 5.95 Å². The second-order valence-electron chi connectivity index (χ2n) is 11.2. The van der Waals surface area contributed by atoms with Gasteiger partial charge in [-0.05, 0) is 44.4 Å². The molecule has 13 heteroatoms. The van der Waals surface area contributed by atoms with Gasteiger partial charge in [0, 0.05) is 67.8 Å². The highest BCUT2D eigenvalue weighted by Gasteiger charge is 2.27. The fourth-order valence-electron chi connectivity index (χ4n) is 5.79. The van der Waals surface area contributed by atoms with Gasteiger partial charge in [-0.25, -0.2) is 14.4 Å². The van der Waals surface area contributed by atoms with E-state index >= 15 is 0 Å². The molecule has 0 radical (unpaired) electrons. The van der Waals surface area contributed by atoms with Crippen LogP contribution in [0.3, 0.4) is 0 Å². The second kappa shape index (κ2) is 13.0. The fraction of sp³-hybridized carbons (Fsp3) is 0.406. The summed E-state index contributed by atoms with van der Waals surface area (Å²) in [5, 5.41) is 13.4. The summed E-state index contributed by atoms with van der Waals surface area (Å²) in [7, 11) is 4.65. The number of nitrogens with one attached hydrogen (secondary N) is 1. The number of aromatic nitrogens is 6. The Kier molecular flexibility index (Phi) is 8.67. The van der Waals surface area contributed by atoms with Crippen molar-refractivity contribution in [3.63, 3.8) is 0 Å². The molecule has 1 aliphatic heterocycles. The molecule has 45 heavy (non-hydrogen) atoms. The molecule has 236 valence electrons. The predicted molar refractivity (Wildman–Crippen MR) is 168 cm³/mol. The third-order valence-corrected chi connectivity index (χ3v) is 8.18. The predicted octanol–water partition coefficient (Wildman–Crippen LogP) is 5.00. The molecule has 12 nitrogen and oxygen atoms in total. The van der Waals surface area contributed by atoms with E-state index in [1.165, 1.54) is 13.2 Å². The van der Waals surface area contributed by atoms with E-state index < -0.39 is 5.82 Å². The van der Waals surface area contributed by atoms with Crippen LogP contribution < -0.4 is 24.4 Å². The summed E-state index contributed by atoms with van der Waals surface area (Å²) in [6.45, 7) is 4.32. The monoisotopic (exact) mass is 616 g/mol. The van der Waals surface area contributed by atoms with Gasteiger partial charge in [0.1, 0.15) is 17.3 Å². The van der Waals surface area contributed by atoms with E-state index in [9.17, 15) is 9.18 Å². The largest absolute Gasteiger partial charge is 0.497 e. The van der Waals surface area contributed by atoms with Gasteiger partial charge < -0.3 is 29.2 Å². The van der Waals surface area contributed by atoms with Crippen LogP contribution in [0.1, 0.15) is 49.9 Å². The molecule has 0 spiro atoms. The minimum Gasteiger partial charge on any atom is -0.497 e. The van der Waals surface area contributed by atoms with Crippen LogP contribution in [0.5, 0.6) is 17.2 Å². The van der Waals surface area contributed by atoms with Crippen molar-refractivity contribution in [2.45, 2.75) is 51.6 Å². The number of carbonyl (C=O) groups excluding carboxylic acids is 1. The molecule has 0 aliphatic carbocycles. The molecule has 1 fully saturated rings. The number of halogens is 1. The number of hydrogen-bond donors (Lipinski definition) is 1. The number of ketones is 1. The molecular formula is C32H37FN8O4. The fourth-order valence-corrected chi connectivity index (χ4v) is 5.79. The Morgan fingerprint density at radius 3 is 2.71 bits per heavy atom. The number of hydrogen-bond acceptors (Lipinski definition) is 10. The zero-order valence-electron chi connectivity index (χ0n) is 25.9. The third-order valence-electron chi connectivity index (χ3n) is 8.18. The molecule has 4 heterocycles. The van der Waals surface area contributed by atoms with E-state index in [1.807, 2.05) is 35.3 Å². The maximum Gasteiger partial charge on any atom is 0.226 e. The smallest absolute Gasteiger partial charge is 0.226 e. The molecule has 0 bridgehead atoms. The van der Waals surface area contributed by atoms with Crippen LogP contribution in [0.2, 0.25) is 0 Å². The summed E-state index contributed by atoms with van der Waals surface area (Å²) in [4.78, 5) is 23.4. The van der Waals surface area contributed by atoms with Crippen molar-refractivity contribution >= 4 is 34.0 Å². The van der Waals surface area contributed by atoms with Crippen molar-refractivity contribution in [2.24, 2.45) is 0 Å². The molecule has 2 aromatic carbocycles. The van der Waals surface area contributed by atoms with Gasteiger partial charge in [0.15, 0.2) is 23.0 Å². The standard InChI is InChI=1S/C32H37FN8O4/c1-20(42)7-5-12-40-19-23(17-35-40)39-11-6-8-22(18-39)30-37-31-25-14-26(33)29(45-4)15-27(25)36-32(41(31)38-30)34-16-21-9-10-24(43-2)13-28(21)44-3/h9-10,13-15,17,19,22H,5-8,11-12,16,18H2,1-4H3,(H,34,36). The van der Waals surface area contributed by atoms with Crippen LogP contribution in [-0.4, -0.2) is 69.6 Å². The highest BCUT2D eigenvalue weighted by Crippen LogP contribution is 2.32. The van der Waals surface area contributed by atoms with Crippen molar-refractivity contribution in [3.8, 4) is 17.2 Å². The normalized spacial score (nSPS) is 15.0. The van der Waals surface area contributed by atoms with Gasteiger partial charge in [0.25, 0.3) is 0 Å². The number of benzene rings is 2. The minimum absolute atomic E-state index is 0.0485. The second-order valence-corrected chi connectivity index (χ2v) is 11.2. The Labute approximate surface area is 260 Å². The maximum absolute atomic E-state index is 14.9. The van der Waals surface area contributed by atoms with Gasteiger partial charge in [-0.1, -0.05) is 0 Å². The summed E-state index contributed by atoms with van der Waals surface area (Å²) in [5.41, 5.74) is 2.97. The summed E-state index contributed by atoms with van der Waals surface area (Å²) < 4.78 is 34.6. The van der Waals surface area contributed by atoms with Crippen molar-refractivity contribution in [2.75, 3.05) is 44.6 Å². The highest BCUT2D eigenvalue weighted by molar-refractivity contribution is 5.93. The number of anilines is 2. The number of fused-ring (bicyclic) bond motifs is 3. The quantitative estimate of drug-likeness (QED) is 0.205. The van der Waals surface area contributed by atoms with Gasteiger partial charge >= 0.3 is 0 Å². The Morgan fingerprint density at radius 2 is 1.93 bits per heavy atom. The Morgan fingerprint density at radius 1 is 1.09 bits per heavy atom. The number of piperidine rings is 1. The Hall–Kier alpha value is -4.94. The van der Waals surface area contributed by atoms with Gasteiger partial charge in [-0.15, -0.1) is 5.10 Å². The number of aryl methyl sites for hydroxylation is 1. The lowest BCUT2D eigenvalue weighted by molar-refractivity contribution is -0.117. The zero-order chi connectivity index (χ0) is 31.5. The molecule has 1 aliphatic rings. The molecule has 1 N–H and O–H groups in total. The first-order valence-corrected chi connectivity index (χ1v) is 15.0. The summed E-state index contributed by atoms with van der Waals surface area (Å²) >= 11 is 0. The molecule has 5 aromatic rings. The number of ether oxygens (including phenoxy) is 3. The molecule has 1 unspecified atom stereocenters. The van der Waals surface area contributed by atoms with Crippen molar-refractivity contribution in [1.82, 2.24) is 29.4 Å². The van der Waals surface area contributed by atoms with E-state index in [-0.39, 0.29) is 17.5 Å². The first-order chi connectivity index (χ1) is 21.9. The third kappa shape index (κ3) is 6.33. The van der Waals surface area contributed by atoms with Crippen molar-refractivity contribution in [3.05, 3.63) is 59.9 Å². The first kappa shape index (κ1) is 30.1. The van der Waals surface area contributed by atoms with Crippen LogP contribution in [0.25, 0.3) is 16.6 Å². The Bertz CT molecular complexity index is 1840. The number of methoxy groups -OCH3 is 3. The van der Waals surface area contributed by atoms with Crippen LogP contribution in [0, 0.1) is 5.82 Å². The number of nitrogens with zero attached hydrogens (tertiary/aromatic N) is 7. The lowest BCUT2D eigenvalue weighted by Gasteiger charge is -2.32. The van der Waals surface area contributed by atoms with Crippen LogP contribution >= 0.6 is 0 Å². The lowest BCUT2D eigenvalue weighted by atomic mass is 9.97. The summed E-state index contributed by atoms with van der Waals surface area (Å²) in [5.74, 6) is 2.34. The highest BCUT2D eigenvalue weighted by atomic mass is 19.1. The van der Waals surface area contributed by atoms with Crippen LogP contribution in [0.4, 0.5) is 16.0 Å². The number of Topliss-reactive ketones (excluding diaryl/α,β-unsaturated/α-hetero) is 1. The molecular weight excluding hydrogens is 579 g/mol. The molecule has 1 saturated heterocycles.